The first-order valence-corrected chi connectivity index (χ1v) is 5.16. The fourth-order valence-electron chi connectivity index (χ4n) is 1.45. The predicted molar refractivity (Wildman–Crippen MR) is 63.6 cm³/mol. The van der Waals surface area contributed by atoms with Crippen molar-refractivity contribution in [3.8, 4) is 11.3 Å². The Morgan fingerprint density at radius 3 is 2.59 bits per heavy atom. The number of benzene rings is 1. The topological polar surface area (TPSA) is 46.0 Å². The molecule has 0 spiro atoms. The lowest BCUT2D eigenvalue weighted by molar-refractivity contribution is 0.342. The minimum absolute atomic E-state index is 0.308. The van der Waals surface area contributed by atoms with Crippen molar-refractivity contribution in [1.82, 2.24) is 10.2 Å². The zero-order chi connectivity index (χ0) is 12.1. The fourth-order valence-corrected chi connectivity index (χ4v) is 1.45. The average Bonchev–Trinajstić information content (AvgIpc) is 2.40. The number of aliphatic hydroxyl groups is 1. The first-order valence-electron chi connectivity index (χ1n) is 5.16. The van der Waals surface area contributed by atoms with E-state index in [1.54, 1.807) is 36.5 Å². The van der Waals surface area contributed by atoms with E-state index in [0.717, 1.165) is 17.3 Å². The summed E-state index contributed by atoms with van der Waals surface area (Å²) < 4.78 is 13.3. The number of aromatic nitrogens is 2. The molecule has 3 nitrogen and oxygen atoms in total. The molecule has 0 radical (unpaired) electrons. The van der Waals surface area contributed by atoms with Crippen molar-refractivity contribution in [3.05, 3.63) is 54.2 Å². The number of halogens is 1. The van der Waals surface area contributed by atoms with E-state index >= 15 is 0 Å². The van der Waals surface area contributed by atoms with E-state index in [0.29, 0.717) is 5.56 Å². The molecule has 0 saturated carbocycles. The average molecular weight is 230 g/mol. The third-order valence-electron chi connectivity index (χ3n) is 2.30. The summed E-state index contributed by atoms with van der Waals surface area (Å²) in [5.41, 5.74) is 2.05. The van der Waals surface area contributed by atoms with E-state index in [-0.39, 0.29) is 6.61 Å². The number of aliphatic hydroxyl groups excluding tert-OH is 1. The quantitative estimate of drug-likeness (QED) is 0.880. The summed E-state index contributed by atoms with van der Waals surface area (Å²) in [5, 5.41) is 16.3. The van der Waals surface area contributed by atoms with Crippen LogP contribution in [0.5, 0.6) is 0 Å². The van der Waals surface area contributed by atoms with Crippen molar-refractivity contribution < 1.29 is 9.50 Å². The van der Waals surface area contributed by atoms with Gasteiger partial charge in [0.1, 0.15) is 5.83 Å². The minimum Gasteiger partial charge on any atom is -0.392 e. The molecule has 0 aliphatic carbocycles. The summed E-state index contributed by atoms with van der Waals surface area (Å²) in [6, 6.07) is 10.5. The van der Waals surface area contributed by atoms with Crippen LogP contribution in [0.25, 0.3) is 17.1 Å². The Morgan fingerprint density at radius 2 is 2.00 bits per heavy atom. The Morgan fingerprint density at radius 1 is 1.24 bits per heavy atom. The lowest BCUT2D eigenvalue weighted by Gasteiger charge is -2.01. The van der Waals surface area contributed by atoms with Crippen molar-refractivity contribution >= 4 is 5.83 Å². The van der Waals surface area contributed by atoms with Gasteiger partial charge in [0.25, 0.3) is 0 Å². The molecule has 0 unspecified atom stereocenters. The Bertz CT molecular complexity index is 509. The molecular formula is C13H11FN2O. The molecule has 0 aliphatic rings. The summed E-state index contributed by atoms with van der Waals surface area (Å²) in [6.07, 6.45) is 2.72. The van der Waals surface area contributed by atoms with Crippen LogP contribution in [0, 0.1) is 0 Å². The summed E-state index contributed by atoms with van der Waals surface area (Å²) in [6.45, 7) is -0.308. The first-order chi connectivity index (χ1) is 8.31. The molecule has 2 aromatic rings. The number of nitrogens with zero attached hydrogens (tertiary/aromatic N) is 2. The van der Waals surface area contributed by atoms with Crippen LogP contribution in [0.15, 0.2) is 48.7 Å². The van der Waals surface area contributed by atoms with Gasteiger partial charge >= 0.3 is 0 Å². The van der Waals surface area contributed by atoms with Gasteiger partial charge in [0, 0.05) is 17.3 Å². The van der Waals surface area contributed by atoms with Crippen LogP contribution < -0.4 is 0 Å². The first kappa shape index (κ1) is 11.4. The molecule has 1 heterocycles. The third kappa shape index (κ3) is 2.73. The zero-order valence-electron chi connectivity index (χ0n) is 9.05. The van der Waals surface area contributed by atoms with Gasteiger partial charge in [0.05, 0.1) is 12.3 Å². The molecule has 2 rings (SSSR count). The van der Waals surface area contributed by atoms with Gasteiger partial charge in [-0.25, -0.2) is 4.39 Å². The van der Waals surface area contributed by atoms with Crippen LogP contribution in [0.2, 0.25) is 0 Å². The van der Waals surface area contributed by atoms with Crippen LogP contribution in [-0.2, 0) is 0 Å². The molecule has 0 atom stereocenters. The van der Waals surface area contributed by atoms with Crippen LogP contribution in [0.1, 0.15) is 5.56 Å². The number of hydrogen-bond acceptors (Lipinski definition) is 3. The van der Waals surface area contributed by atoms with Gasteiger partial charge in [-0.15, -0.1) is 0 Å². The molecule has 0 amide bonds. The van der Waals surface area contributed by atoms with Crippen molar-refractivity contribution in [2.75, 3.05) is 6.61 Å². The molecule has 86 valence electrons. The molecule has 0 bridgehead atoms. The summed E-state index contributed by atoms with van der Waals surface area (Å²) in [7, 11) is 0. The van der Waals surface area contributed by atoms with Gasteiger partial charge in [-0.1, -0.05) is 24.3 Å². The second-order valence-corrected chi connectivity index (χ2v) is 3.42. The Balaban J connectivity index is 2.28. The highest BCUT2D eigenvalue weighted by Gasteiger charge is 2.02. The maximum atomic E-state index is 13.3. The van der Waals surface area contributed by atoms with Crippen LogP contribution >= 0.6 is 0 Å². The molecule has 1 aromatic carbocycles. The highest BCUT2D eigenvalue weighted by atomic mass is 19.1. The van der Waals surface area contributed by atoms with Crippen molar-refractivity contribution in [2.24, 2.45) is 0 Å². The lowest BCUT2D eigenvalue weighted by Crippen LogP contribution is -1.86. The van der Waals surface area contributed by atoms with E-state index in [1.807, 2.05) is 6.07 Å². The van der Waals surface area contributed by atoms with Gasteiger partial charge in [0.2, 0.25) is 0 Å². The van der Waals surface area contributed by atoms with E-state index in [4.69, 9.17) is 5.11 Å². The summed E-state index contributed by atoms with van der Waals surface area (Å²) in [5.74, 6) is -0.432. The van der Waals surface area contributed by atoms with Gasteiger partial charge in [-0.3, -0.25) is 0 Å². The maximum Gasteiger partial charge on any atom is 0.128 e. The number of rotatable bonds is 3. The van der Waals surface area contributed by atoms with Gasteiger partial charge in [-0.2, -0.15) is 10.2 Å². The minimum atomic E-state index is -0.432. The Labute approximate surface area is 98.3 Å². The number of hydrogen-bond donors (Lipinski definition) is 1. The molecule has 1 N–H and O–H groups in total. The molecule has 4 heteroatoms. The third-order valence-corrected chi connectivity index (χ3v) is 2.30. The SMILES string of the molecule is OCC=C(F)c1ccc(-c2cccnn2)cc1. The molecular weight excluding hydrogens is 219 g/mol. The van der Waals surface area contributed by atoms with E-state index in [2.05, 4.69) is 10.2 Å². The van der Waals surface area contributed by atoms with Gasteiger partial charge < -0.3 is 5.11 Å². The molecule has 0 saturated heterocycles. The van der Waals surface area contributed by atoms with E-state index in [9.17, 15) is 4.39 Å². The molecule has 0 fully saturated rings. The standard InChI is InChI=1S/C13H11FN2O/c14-12(7-9-17)10-3-5-11(6-4-10)13-2-1-8-15-16-13/h1-8,17H,9H2. The summed E-state index contributed by atoms with van der Waals surface area (Å²) in [4.78, 5) is 0. The van der Waals surface area contributed by atoms with Crippen molar-refractivity contribution in [1.29, 1.82) is 0 Å². The van der Waals surface area contributed by atoms with Gasteiger partial charge in [-0.05, 0) is 18.2 Å². The smallest absolute Gasteiger partial charge is 0.128 e. The van der Waals surface area contributed by atoms with Crippen LogP contribution in [0.4, 0.5) is 4.39 Å². The van der Waals surface area contributed by atoms with E-state index < -0.39 is 5.83 Å². The Kier molecular flexibility index (Phi) is 3.57. The lowest BCUT2D eigenvalue weighted by atomic mass is 10.1. The van der Waals surface area contributed by atoms with Crippen LogP contribution in [0.3, 0.4) is 0 Å². The van der Waals surface area contributed by atoms with Crippen molar-refractivity contribution in [3.63, 3.8) is 0 Å². The highest BCUT2D eigenvalue weighted by Crippen LogP contribution is 2.20. The second kappa shape index (κ2) is 5.32. The van der Waals surface area contributed by atoms with Crippen LogP contribution in [-0.4, -0.2) is 21.9 Å². The maximum absolute atomic E-state index is 13.3. The van der Waals surface area contributed by atoms with Gasteiger partial charge in [0.15, 0.2) is 0 Å². The highest BCUT2D eigenvalue weighted by molar-refractivity contribution is 5.65. The fraction of sp³-hybridized carbons (Fsp3) is 0.0769. The van der Waals surface area contributed by atoms with Crippen molar-refractivity contribution in [2.45, 2.75) is 0 Å². The largest absolute Gasteiger partial charge is 0.392 e. The summed E-state index contributed by atoms with van der Waals surface area (Å²) >= 11 is 0. The predicted octanol–water partition coefficient (Wildman–Crippen LogP) is 2.45. The van der Waals surface area contributed by atoms with E-state index in [1.165, 1.54) is 0 Å². The zero-order valence-corrected chi connectivity index (χ0v) is 9.05. The monoisotopic (exact) mass is 230 g/mol. The molecule has 1 aromatic heterocycles. The second-order valence-electron chi connectivity index (χ2n) is 3.42. The Hall–Kier alpha value is -2.07. The normalized spacial score (nSPS) is 11.5. The molecule has 0 aliphatic heterocycles. The molecule has 17 heavy (non-hydrogen) atoms.